The van der Waals surface area contributed by atoms with Crippen molar-refractivity contribution in [3.63, 3.8) is 0 Å². The highest BCUT2D eigenvalue weighted by Crippen LogP contribution is 2.34. The molecule has 0 aromatic heterocycles. The van der Waals surface area contributed by atoms with Gasteiger partial charge in [-0.05, 0) is 59.7 Å². The number of halogens is 4. The Kier molecular flexibility index (Phi) is 8.43. The molecule has 0 fully saturated rings. The molecular weight excluding hydrogens is 482 g/mol. The molecule has 31 heavy (non-hydrogen) atoms. The summed E-state index contributed by atoms with van der Waals surface area (Å²) in [5, 5.41) is 5.75. The molecule has 160 valence electrons. The summed E-state index contributed by atoms with van der Waals surface area (Å²) in [6.07, 6.45) is 1.42. The molecule has 0 heterocycles. The first-order valence-corrected chi connectivity index (χ1v) is 10.5. The van der Waals surface area contributed by atoms with Crippen LogP contribution in [-0.4, -0.2) is 18.7 Å². The molecule has 0 aliphatic heterocycles. The van der Waals surface area contributed by atoms with Gasteiger partial charge in [0.1, 0.15) is 12.4 Å². The Morgan fingerprint density at radius 2 is 1.45 bits per heavy atom. The second-order valence-corrected chi connectivity index (χ2v) is 7.95. The van der Waals surface area contributed by atoms with E-state index in [0.717, 1.165) is 5.56 Å². The van der Waals surface area contributed by atoms with Crippen molar-refractivity contribution in [3.05, 3.63) is 91.9 Å². The van der Waals surface area contributed by atoms with Gasteiger partial charge in [-0.25, -0.2) is 5.43 Å². The highest BCUT2D eigenvalue weighted by atomic mass is 35.5. The first kappa shape index (κ1) is 23.2. The van der Waals surface area contributed by atoms with Crippen LogP contribution in [0.2, 0.25) is 20.1 Å². The Morgan fingerprint density at radius 3 is 2.06 bits per heavy atom. The van der Waals surface area contributed by atoms with Gasteiger partial charge in [-0.2, -0.15) is 5.10 Å². The lowest BCUT2D eigenvalue weighted by Crippen LogP contribution is -2.24. The first-order chi connectivity index (χ1) is 14.9. The molecule has 0 spiro atoms. The van der Waals surface area contributed by atoms with E-state index in [1.165, 1.54) is 6.21 Å². The van der Waals surface area contributed by atoms with Gasteiger partial charge in [-0.1, -0.05) is 58.5 Å². The van der Waals surface area contributed by atoms with E-state index in [1.54, 1.807) is 48.5 Å². The Bertz CT molecular complexity index is 1050. The lowest BCUT2D eigenvalue weighted by atomic mass is 10.2. The molecule has 0 atom stereocenters. The zero-order chi connectivity index (χ0) is 22.2. The zero-order valence-corrected chi connectivity index (χ0v) is 19.0. The Morgan fingerprint density at radius 1 is 0.871 bits per heavy atom. The van der Waals surface area contributed by atoms with Gasteiger partial charge >= 0.3 is 0 Å². The number of nitrogens with one attached hydrogen (secondary N) is 1. The average Bonchev–Trinajstić information content (AvgIpc) is 2.74. The van der Waals surface area contributed by atoms with Gasteiger partial charge in [0.2, 0.25) is 0 Å². The molecule has 9 heteroatoms. The molecule has 0 aliphatic rings. The number of hydrogen-bond donors (Lipinski definition) is 1. The van der Waals surface area contributed by atoms with Crippen LogP contribution >= 0.6 is 46.4 Å². The minimum absolute atomic E-state index is 0.196. The third-order valence-corrected chi connectivity index (χ3v) is 4.97. The fraction of sp³-hybridized carbons (Fsp3) is 0.0909. The van der Waals surface area contributed by atoms with Gasteiger partial charge in [-0.15, -0.1) is 0 Å². The van der Waals surface area contributed by atoms with E-state index in [2.05, 4.69) is 10.5 Å². The highest BCUT2D eigenvalue weighted by Gasteiger charge is 2.10. The van der Waals surface area contributed by atoms with Crippen molar-refractivity contribution in [2.24, 2.45) is 5.10 Å². The number of rotatable bonds is 8. The molecule has 0 bridgehead atoms. The van der Waals surface area contributed by atoms with Crippen molar-refractivity contribution < 1.29 is 14.3 Å². The van der Waals surface area contributed by atoms with E-state index >= 15 is 0 Å². The smallest absolute Gasteiger partial charge is 0.277 e. The predicted molar refractivity (Wildman–Crippen MR) is 125 cm³/mol. The van der Waals surface area contributed by atoms with Gasteiger partial charge in [-0.3, -0.25) is 4.79 Å². The maximum absolute atomic E-state index is 11.8. The molecule has 1 amide bonds. The zero-order valence-electron chi connectivity index (χ0n) is 15.9. The van der Waals surface area contributed by atoms with Gasteiger partial charge < -0.3 is 9.47 Å². The number of hydrogen-bond acceptors (Lipinski definition) is 4. The van der Waals surface area contributed by atoms with Crippen LogP contribution in [0.1, 0.15) is 11.1 Å². The molecule has 5 nitrogen and oxygen atoms in total. The molecule has 1 N–H and O–H groups in total. The molecule has 3 rings (SSSR count). The molecule has 0 radical (unpaired) electrons. The van der Waals surface area contributed by atoms with E-state index in [0.29, 0.717) is 37.2 Å². The number of benzene rings is 3. The van der Waals surface area contributed by atoms with E-state index in [-0.39, 0.29) is 13.2 Å². The topological polar surface area (TPSA) is 59.9 Å². The molecule has 0 unspecified atom stereocenters. The number of ether oxygens (including phenoxy) is 2. The average molecular weight is 498 g/mol. The summed E-state index contributed by atoms with van der Waals surface area (Å²) in [7, 11) is 0. The van der Waals surface area contributed by atoms with Crippen LogP contribution in [0.25, 0.3) is 0 Å². The number of carbonyl (C=O) groups is 1. The van der Waals surface area contributed by atoms with E-state index in [4.69, 9.17) is 55.9 Å². The second-order valence-electron chi connectivity index (χ2n) is 6.26. The number of amides is 1. The predicted octanol–water partition coefficient (Wildman–Crippen LogP) is 6.41. The Balaban J connectivity index is 1.52. The van der Waals surface area contributed by atoms with Crippen LogP contribution in [0.3, 0.4) is 0 Å². The molecule has 3 aromatic rings. The standard InChI is InChI=1S/C22H16Cl4N2O3/c23-16-3-1-14(2-4-16)12-31-22-19(25)9-15(10-20(22)26)11-27-28-21(29)13-30-18-7-5-17(24)6-8-18/h1-11H,12-13H2,(H,28,29)/b27-11-. The van der Waals surface area contributed by atoms with Crippen LogP contribution in [0.15, 0.2) is 65.8 Å². The second kappa shape index (κ2) is 11.3. The lowest BCUT2D eigenvalue weighted by Gasteiger charge is -2.11. The monoisotopic (exact) mass is 496 g/mol. The van der Waals surface area contributed by atoms with Crippen LogP contribution in [0, 0.1) is 0 Å². The Hall–Kier alpha value is -2.44. The number of carbonyl (C=O) groups excluding carboxylic acids is 1. The van der Waals surface area contributed by atoms with Gasteiger partial charge in [0, 0.05) is 10.0 Å². The fourth-order valence-corrected chi connectivity index (χ4v) is 3.28. The molecule has 3 aromatic carbocycles. The fourth-order valence-electron chi connectivity index (χ4n) is 2.42. The van der Waals surface area contributed by atoms with Crippen LogP contribution in [0.4, 0.5) is 0 Å². The summed E-state index contributed by atoms with van der Waals surface area (Å²) in [5.41, 5.74) is 3.88. The molecule has 0 saturated carbocycles. The van der Waals surface area contributed by atoms with Crippen LogP contribution in [0.5, 0.6) is 11.5 Å². The van der Waals surface area contributed by atoms with Crippen molar-refractivity contribution in [1.82, 2.24) is 5.43 Å². The molecular formula is C22H16Cl4N2O3. The van der Waals surface area contributed by atoms with Crippen molar-refractivity contribution in [2.45, 2.75) is 6.61 Å². The minimum atomic E-state index is -0.425. The third kappa shape index (κ3) is 7.33. The molecule has 0 aliphatic carbocycles. The summed E-state index contributed by atoms with van der Waals surface area (Å²) in [6.45, 7) is 0.0890. The van der Waals surface area contributed by atoms with Crippen LogP contribution in [-0.2, 0) is 11.4 Å². The largest absolute Gasteiger partial charge is 0.486 e. The van der Waals surface area contributed by atoms with Crippen molar-refractivity contribution in [2.75, 3.05) is 6.61 Å². The minimum Gasteiger partial charge on any atom is -0.486 e. The first-order valence-electron chi connectivity index (χ1n) is 8.97. The normalized spacial score (nSPS) is 10.8. The SMILES string of the molecule is O=C(COc1ccc(Cl)cc1)N/N=C\c1cc(Cl)c(OCc2ccc(Cl)cc2)c(Cl)c1. The van der Waals surface area contributed by atoms with E-state index < -0.39 is 5.91 Å². The Labute approximate surface area is 199 Å². The van der Waals surface area contributed by atoms with Gasteiger partial charge in [0.05, 0.1) is 16.3 Å². The third-order valence-electron chi connectivity index (χ3n) is 3.90. The summed E-state index contributed by atoms with van der Waals surface area (Å²) in [5.74, 6) is 0.457. The summed E-state index contributed by atoms with van der Waals surface area (Å²) < 4.78 is 11.1. The van der Waals surface area contributed by atoms with Crippen molar-refractivity contribution in [3.8, 4) is 11.5 Å². The summed E-state index contributed by atoms with van der Waals surface area (Å²) in [4.78, 5) is 11.8. The molecule has 0 saturated heterocycles. The maximum atomic E-state index is 11.8. The maximum Gasteiger partial charge on any atom is 0.277 e. The van der Waals surface area contributed by atoms with Crippen LogP contribution < -0.4 is 14.9 Å². The van der Waals surface area contributed by atoms with Gasteiger partial charge in [0.15, 0.2) is 12.4 Å². The van der Waals surface area contributed by atoms with Gasteiger partial charge in [0.25, 0.3) is 5.91 Å². The summed E-state index contributed by atoms with van der Waals surface area (Å²) >= 11 is 24.2. The number of nitrogens with zero attached hydrogens (tertiary/aromatic N) is 1. The number of hydrazone groups is 1. The quantitative estimate of drug-likeness (QED) is 0.289. The highest BCUT2D eigenvalue weighted by molar-refractivity contribution is 6.37. The van der Waals surface area contributed by atoms with Crippen molar-refractivity contribution in [1.29, 1.82) is 0 Å². The van der Waals surface area contributed by atoms with Crippen molar-refractivity contribution >= 4 is 58.5 Å². The lowest BCUT2D eigenvalue weighted by molar-refractivity contribution is -0.123. The summed E-state index contributed by atoms with van der Waals surface area (Å²) in [6, 6.07) is 17.2. The van der Waals surface area contributed by atoms with E-state index in [1.807, 2.05) is 12.1 Å². The van der Waals surface area contributed by atoms with E-state index in [9.17, 15) is 4.79 Å².